The highest BCUT2D eigenvalue weighted by Gasteiger charge is 2.40. The number of hydrogen-bond acceptors (Lipinski definition) is 4. The summed E-state index contributed by atoms with van der Waals surface area (Å²) in [6.45, 7) is 3.13. The molecule has 20 heavy (non-hydrogen) atoms. The van der Waals surface area contributed by atoms with Crippen molar-refractivity contribution in [3.8, 4) is 11.5 Å². The molecule has 4 nitrogen and oxygen atoms in total. The van der Waals surface area contributed by atoms with Crippen molar-refractivity contribution in [1.29, 1.82) is 0 Å². The summed E-state index contributed by atoms with van der Waals surface area (Å²) in [4.78, 5) is 0. The predicted molar refractivity (Wildman–Crippen MR) is 82.1 cm³/mol. The molecule has 0 N–H and O–H groups in total. The fraction of sp³-hybridized carbons (Fsp3) is 0.538. The molecule has 0 heterocycles. The van der Waals surface area contributed by atoms with Crippen LogP contribution in [0.25, 0.3) is 0 Å². The first-order chi connectivity index (χ1) is 9.07. The normalized spacial score (nSPS) is 13.9. The summed E-state index contributed by atoms with van der Waals surface area (Å²) >= 11 is 12.5. The minimum atomic E-state index is -3.37. The maximum absolute atomic E-state index is 11.9. The molecule has 0 amide bonds. The van der Waals surface area contributed by atoms with E-state index >= 15 is 0 Å². The van der Waals surface area contributed by atoms with Crippen LogP contribution < -0.4 is 9.47 Å². The summed E-state index contributed by atoms with van der Waals surface area (Å²) in [5.41, 5.74) is 0.510. The molecule has 0 aliphatic rings. The van der Waals surface area contributed by atoms with E-state index < -0.39 is 20.0 Å². The van der Waals surface area contributed by atoms with E-state index in [4.69, 9.17) is 32.7 Å². The number of ether oxygens (including phenoxy) is 2. The van der Waals surface area contributed by atoms with E-state index in [0.717, 1.165) is 6.26 Å². The Morgan fingerprint density at radius 3 is 2.15 bits per heavy atom. The van der Waals surface area contributed by atoms with Crippen LogP contribution in [-0.2, 0) is 9.84 Å². The zero-order valence-electron chi connectivity index (χ0n) is 12.0. The van der Waals surface area contributed by atoms with Gasteiger partial charge in [0.05, 0.1) is 24.3 Å². The number of hydrogen-bond donors (Lipinski definition) is 0. The molecule has 0 saturated carbocycles. The maximum atomic E-state index is 11.9. The number of halogens is 2. The third kappa shape index (κ3) is 3.00. The van der Waals surface area contributed by atoms with Crippen LogP contribution in [0.5, 0.6) is 11.5 Å². The molecule has 0 saturated heterocycles. The Kier molecular flexibility index (Phi) is 5.22. The average molecular weight is 341 g/mol. The molecule has 1 aromatic rings. The molecule has 0 radical (unpaired) electrons. The highest BCUT2D eigenvalue weighted by Crippen LogP contribution is 2.46. The zero-order valence-corrected chi connectivity index (χ0v) is 14.4. The molecule has 7 heteroatoms. The van der Waals surface area contributed by atoms with Crippen molar-refractivity contribution < 1.29 is 17.9 Å². The van der Waals surface area contributed by atoms with Crippen LogP contribution >= 0.6 is 23.2 Å². The van der Waals surface area contributed by atoms with Gasteiger partial charge in [0.15, 0.2) is 9.84 Å². The van der Waals surface area contributed by atoms with Gasteiger partial charge in [-0.2, -0.15) is 0 Å². The van der Waals surface area contributed by atoms with E-state index in [9.17, 15) is 8.42 Å². The van der Waals surface area contributed by atoms with Crippen molar-refractivity contribution in [2.45, 2.75) is 24.0 Å². The largest absolute Gasteiger partial charge is 0.495 e. The number of alkyl halides is 1. The molecule has 0 fully saturated rings. The molecule has 0 aliphatic carbocycles. The first kappa shape index (κ1) is 17.4. The Hall–Kier alpha value is -0.650. The van der Waals surface area contributed by atoms with Crippen LogP contribution in [0.15, 0.2) is 12.1 Å². The lowest BCUT2D eigenvalue weighted by Crippen LogP contribution is -2.35. The minimum Gasteiger partial charge on any atom is -0.495 e. The Bertz CT molecular complexity index is 597. The molecule has 1 unspecified atom stereocenters. The van der Waals surface area contributed by atoms with E-state index in [2.05, 4.69) is 0 Å². The molecule has 0 spiro atoms. The first-order valence-electron chi connectivity index (χ1n) is 5.82. The summed E-state index contributed by atoms with van der Waals surface area (Å²) < 4.78 is 33.0. The average Bonchev–Trinajstić information content (AvgIpc) is 2.36. The van der Waals surface area contributed by atoms with Crippen molar-refractivity contribution in [3.05, 3.63) is 22.7 Å². The number of rotatable bonds is 5. The highest BCUT2D eigenvalue weighted by molar-refractivity contribution is 7.92. The Morgan fingerprint density at radius 1 is 1.20 bits per heavy atom. The van der Waals surface area contributed by atoms with Crippen LogP contribution in [0.4, 0.5) is 0 Å². The standard InChI is InChI=1S/C13H18Cl2O4S/c1-13(2,20(5,16)17)12(15)8-6-7-9(18-3)10(14)11(8)19-4/h6-7,12H,1-5H3. The van der Waals surface area contributed by atoms with Gasteiger partial charge in [-0.1, -0.05) is 11.6 Å². The molecule has 114 valence electrons. The first-order valence-corrected chi connectivity index (χ1v) is 8.52. The molecule has 1 rings (SSSR count). The van der Waals surface area contributed by atoms with Crippen LogP contribution in [0.3, 0.4) is 0 Å². The Morgan fingerprint density at radius 2 is 1.75 bits per heavy atom. The minimum absolute atomic E-state index is 0.266. The van der Waals surface area contributed by atoms with Crippen LogP contribution in [-0.4, -0.2) is 33.6 Å². The van der Waals surface area contributed by atoms with Crippen LogP contribution in [0.1, 0.15) is 24.8 Å². The summed E-state index contributed by atoms with van der Waals surface area (Å²) in [5.74, 6) is 0.760. The molecular weight excluding hydrogens is 323 g/mol. The second kappa shape index (κ2) is 6.00. The monoisotopic (exact) mass is 340 g/mol. The third-order valence-corrected chi connectivity index (χ3v) is 6.77. The summed E-state index contributed by atoms with van der Waals surface area (Å²) in [6, 6.07) is 3.29. The molecule has 1 atom stereocenters. The predicted octanol–water partition coefficient (Wildman–Crippen LogP) is 3.46. The van der Waals surface area contributed by atoms with E-state index in [1.165, 1.54) is 14.2 Å². The molecule has 1 aromatic carbocycles. The molecular formula is C13H18Cl2O4S. The van der Waals surface area contributed by atoms with E-state index in [0.29, 0.717) is 17.1 Å². The second-order valence-corrected chi connectivity index (χ2v) is 8.35. The number of methoxy groups -OCH3 is 2. The molecule has 0 aromatic heterocycles. The fourth-order valence-corrected chi connectivity index (χ4v) is 3.17. The third-order valence-electron chi connectivity index (χ3n) is 3.36. The van der Waals surface area contributed by atoms with Crippen molar-refractivity contribution in [2.75, 3.05) is 20.5 Å². The SMILES string of the molecule is COc1ccc(C(Cl)C(C)(C)S(C)(=O)=O)c(OC)c1Cl. The number of sulfone groups is 1. The smallest absolute Gasteiger partial charge is 0.154 e. The van der Waals surface area contributed by atoms with Crippen molar-refractivity contribution in [2.24, 2.45) is 0 Å². The van der Waals surface area contributed by atoms with Crippen molar-refractivity contribution in [1.82, 2.24) is 0 Å². The van der Waals surface area contributed by atoms with Gasteiger partial charge in [0.25, 0.3) is 0 Å². The fourth-order valence-electron chi connectivity index (χ4n) is 1.68. The highest BCUT2D eigenvalue weighted by atomic mass is 35.5. The lowest BCUT2D eigenvalue weighted by molar-refractivity contribution is 0.389. The van der Waals surface area contributed by atoms with E-state index in [-0.39, 0.29) is 5.02 Å². The second-order valence-electron chi connectivity index (χ2n) is 4.94. The van der Waals surface area contributed by atoms with Gasteiger partial charge in [0, 0.05) is 11.8 Å². The molecule has 0 aliphatic heterocycles. The zero-order chi connectivity index (χ0) is 15.7. The molecule has 0 bridgehead atoms. The van der Waals surface area contributed by atoms with Gasteiger partial charge < -0.3 is 9.47 Å². The lowest BCUT2D eigenvalue weighted by Gasteiger charge is -2.29. The van der Waals surface area contributed by atoms with Gasteiger partial charge >= 0.3 is 0 Å². The van der Waals surface area contributed by atoms with Gasteiger partial charge in [-0.3, -0.25) is 0 Å². The van der Waals surface area contributed by atoms with Gasteiger partial charge in [0.1, 0.15) is 16.5 Å². The maximum Gasteiger partial charge on any atom is 0.154 e. The quantitative estimate of drug-likeness (QED) is 0.770. The summed E-state index contributed by atoms with van der Waals surface area (Å²) in [6.07, 6.45) is 1.15. The van der Waals surface area contributed by atoms with Crippen LogP contribution in [0.2, 0.25) is 5.02 Å². The summed E-state index contributed by atoms with van der Waals surface area (Å²) in [7, 11) is -0.434. The lowest BCUT2D eigenvalue weighted by atomic mass is 10.00. The van der Waals surface area contributed by atoms with Crippen molar-refractivity contribution >= 4 is 33.0 Å². The Balaban J connectivity index is 3.45. The van der Waals surface area contributed by atoms with Gasteiger partial charge in [-0.05, 0) is 26.0 Å². The summed E-state index contributed by atoms with van der Waals surface area (Å²) in [5, 5.41) is -0.543. The van der Waals surface area contributed by atoms with Gasteiger partial charge in [-0.15, -0.1) is 11.6 Å². The van der Waals surface area contributed by atoms with Gasteiger partial charge in [0.2, 0.25) is 0 Å². The number of benzene rings is 1. The van der Waals surface area contributed by atoms with Crippen LogP contribution in [0, 0.1) is 0 Å². The van der Waals surface area contributed by atoms with Crippen molar-refractivity contribution in [3.63, 3.8) is 0 Å². The van der Waals surface area contributed by atoms with Gasteiger partial charge in [-0.25, -0.2) is 8.42 Å². The Labute approximate surface area is 129 Å². The topological polar surface area (TPSA) is 52.6 Å². The van der Waals surface area contributed by atoms with E-state index in [1.54, 1.807) is 26.0 Å². The van der Waals surface area contributed by atoms with E-state index in [1.807, 2.05) is 0 Å².